The van der Waals surface area contributed by atoms with Crippen LogP contribution in [-0.2, 0) is 14.1 Å². The van der Waals surface area contributed by atoms with E-state index < -0.39 is 12.7 Å². The summed E-state index contributed by atoms with van der Waals surface area (Å²) >= 11 is 6.57. The van der Waals surface area contributed by atoms with Crippen molar-refractivity contribution in [1.29, 1.82) is 0 Å². The standard InChI is InChI=1S/C38H48ClN10O5P/c1-8-32(50)43-28-21-29(45-36-42-23-25(39)35(46-36)44-27-10-9-26-33(41-14-13-40-26)34(27)55(6,7)52)31(53-5)22-30(28)48-15-11-24(12-16-48)47-17-19-49(20-18-47)37(51)54-38(2,3)4/h8-10,13-14,21-24H,1,11-12,15-20H2,2-7H3,(H,43,50)(H2,42,44,45,46). The predicted octanol–water partition coefficient (Wildman–Crippen LogP) is 6.46. The van der Waals surface area contributed by atoms with Gasteiger partial charge in [0.15, 0.2) is 5.82 Å². The average molecular weight is 791 g/mol. The van der Waals surface area contributed by atoms with Crippen molar-refractivity contribution in [3.63, 3.8) is 0 Å². The molecule has 15 nitrogen and oxygen atoms in total. The monoisotopic (exact) mass is 790 g/mol. The van der Waals surface area contributed by atoms with Crippen LogP contribution in [0.5, 0.6) is 5.75 Å². The number of nitrogens with zero attached hydrogens (tertiary/aromatic N) is 7. The van der Waals surface area contributed by atoms with Crippen LogP contribution in [0.1, 0.15) is 33.6 Å². The molecule has 0 spiro atoms. The maximum atomic E-state index is 13.5. The van der Waals surface area contributed by atoms with E-state index in [1.165, 1.54) is 12.3 Å². The third-order valence-corrected chi connectivity index (χ3v) is 11.3. The molecule has 0 atom stereocenters. The number of halogens is 1. The van der Waals surface area contributed by atoms with Crippen molar-refractivity contribution in [1.82, 2.24) is 29.7 Å². The van der Waals surface area contributed by atoms with Gasteiger partial charge >= 0.3 is 6.09 Å². The number of carbonyl (C=O) groups excluding carboxylic acids is 2. The Morgan fingerprint density at radius 3 is 2.33 bits per heavy atom. The van der Waals surface area contributed by atoms with Gasteiger partial charge in [-0.2, -0.15) is 4.98 Å². The second-order valence-electron chi connectivity index (χ2n) is 14.9. The molecular formula is C38H48ClN10O5P. The van der Waals surface area contributed by atoms with E-state index >= 15 is 0 Å². The maximum Gasteiger partial charge on any atom is 0.410 e. The van der Waals surface area contributed by atoms with Gasteiger partial charge in [0.1, 0.15) is 29.0 Å². The van der Waals surface area contributed by atoms with Gasteiger partial charge in [0, 0.05) is 63.8 Å². The number of benzene rings is 2. The molecule has 0 saturated carbocycles. The molecule has 0 unspecified atom stereocenters. The van der Waals surface area contributed by atoms with Gasteiger partial charge in [0.25, 0.3) is 0 Å². The summed E-state index contributed by atoms with van der Waals surface area (Å²) in [5, 5.41) is 10.2. The van der Waals surface area contributed by atoms with Crippen molar-refractivity contribution in [3.05, 3.63) is 60.5 Å². The molecule has 2 saturated heterocycles. The molecule has 292 valence electrons. The highest BCUT2D eigenvalue weighted by molar-refractivity contribution is 7.71. The fourth-order valence-corrected chi connectivity index (χ4v) is 8.41. The fourth-order valence-electron chi connectivity index (χ4n) is 6.88. The van der Waals surface area contributed by atoms with E-state index in [4.69, 9.17) is 21.1 Å². The van der Waals surface area contributed by atoms with Gasteiger partial charge in [-0.25, -0.2) is 9.78 Å². The van der Waals surface area contributed by atoms with E-state index in [1.54, 1.807) is 55.9 Å². The Morgan fingerprint density at radius 2 is 1.67 bits per heavy atom. The first kappa shape index (κ1) is 39.7. The summed E-state index contributed by atoms with van der Waals surface area (Å²) in [6.45, 7) is 17.0. The van der Waals surface area contributed by atoms with Crippen molar-refractivity contribution in [3.8, 4) is 5.75 Å². The van der Waals surface area contributed by atoms with E-state index in [-0.39, 0.29) is 28.8 Å². The first-order chi connectivity index (χ1) is 26.1. The van der Waals surface area contributed by atoms with Crippen LogP contribution in [0, 0.1) is 0 Å². The van der Waals surface area contributed by atoms with Crippen molar-refractivity contribution in [2.24, 2.45) is 0 Å². The van der Waals surface area contributed by atoms with E-state index in [9.17, 15) is 14.2 Å². The first-order valence-electron chi connectivity index (χ1n) is 18.1. The lowest BCUT2D eigenvalue weighted by molar-refractivity contribution is -0.111. The molecule has 6 rings (SSSR count). The second-order valence-corrected chi connectivity index (χ2v) is 18.4. The number of rotatable bonds is 10. The number of carbonyl (C=O) groups is 2. The minimum atomic E-state index is -2.84. The predicted molar refractivity (Wildman–Crippen MR) is 219 cm³/mol. The number of methoxy groups -OCH3 is 1. The van der Waals surface area contributed by atoms with Gasteiger partial charge in [0.2, 0.25) is 11.9 Å². The summed E-state index contributed by atoms with van der Waals surface area (Å²) in [5.74, 6) is 0.629. The zero-order valence-electron chi connectivity index (χ0n) is 32.1. The number of anilines is 6. The quantitative estimate of drug-likeness (QED) is 0.118. The van der Waals surface area contributed by atoms with Crippen molar-refractivity contribution in [2.45, 2.75) is 45.3 Å². The van der Waals surface area contributed by atoms with Crippen LogP contribution in [0.4, 0.5) is 39.3 Å². The third kappa shape index (κ3) is 9.46. The summed E-state index contributed by atoms with van der Waals surface area (Å²) in [6.07, 6.45) is 7.40. The van der Waals surface area contributed by atoms with Crippen molar-refractivity contribution < 1.29 is 23.6 Å². The molecule has 2 aliphatic rings. The van der Waals surface area contributed by atoms with E-state index in [2.05, 4.69) is 52.3 Å². The lowest BCUT2D eigenvalue weighted by atomic mass is 10.0. The number of piperazine rings is 1. The molecule has 2 fully saturated rings. The third-order valence-electron chi connectivity index (χ3n) is 9.44. The molecule has 0 radical (unpaired) electrons. The highest BCUT2D eigenvalue weighted by atomic mass is 35.5. The smallest absolute Gasteiger partial charge is 0.410 e. The van der Waals surface area contributed by atoms with Crippen LogP contribution >= 0.6 is 18.7 Å². The summed E-state index contributed by atoms with van der Waals surface area (Å²) < 4.78 is 24.9. The number of nitrogens with one attached hydrogen (secondary N) is 3. The number of fused-ring (bicyclic) bond motifs is 1. The summed E-state index contributed by atoms with van der Waals surface area (Å²) in [6, 6.07) is 7.62. The summed E-state index contributed by atoms with van der Waals surface area (Å²) in [4.78, 5) is 49.6. The summed E-state index contributed by atoms with van der Waals surface area (Å²) in [7, 11) is -1.27. The topological polar surface area (TPSA) is 167 Å². The van der Waals surface area contributed by atoms with Gasteiger partial charge in [-0.1, -0.05) is 18.2 Å². The van der Waals surface area contributed by atoms with Crippen molar-refractivity contribution >= 4 is 81.6 Å². The SMILES string of the molecule is C=CC(=O)Nc1cc(Nc2ncc(Cl)c(Nc3ccc4nccnc4c3P(C)(C)=O)n2)c(OC)cc1N1CCC(N2CCN(C(=O)OC(C)(C)C)CC2)CC1. The molecule has 0 bridgehead atoms. The Hall–Kier alpha value is -4.98. The number of hydrogen-bond acceptors (Lipinski definition) is 13. The van der Waals surface area contributed by atoms with Gasteiger partial charge in [-0.3, -0.25) is 19.7 Å². The zero-order chi connectivity index (χ0) is 39.5. The number of ether oxygens (including phenoxy) is 2. The minimum Gasteiger partial charge on any atom is -0.494 e. The molecule has 4 heterocycles. The molecular weight excluding hydrogens is 743 g/mol. The Balaban J connectivity index is 1.20. The number of aromatic nitrogens is 4. The lowest BCUT2D eigenvalue weighted by Crippen LogP contribution is -2.55. The molecule has 2 aromatic heterocycles. The van der Waals surface area contributed by atoms with Crippen molar-refractivity contribution in [2.75, 3.05) is 80.6 Å². The van der Waals surface area contributed by atoms with E-state index in [0.29, 0.717) is 58.3 Å². The first-order valence-corrected chi connectivity index (χ1v) is 21.1. The number of piperidine rings is 1. The van der Waals surface area contributed by atoms with Gasteiger partial charge in [-0.05, 0) is 71.2 Å². The average Bonchev–Trinajstić information content (AvgIpc) is 3.15. The normalized spacial score (nSPS) is 15.8. The number of amides is 2. The van der Waals surface area contributed by atoms with Crippen LogP contribution in [0.3, 0.4) is 0 Å². The van der Waals surface area contributed by atoms with Crippen LogP contribution in [0.2, 0.25) is 5.02 Å². The van der Waals surface area contributed by atoms with Gasteiger partial charge in [-0.15, -0.1) is 0 Å². The fraction of sp³-hybridized carbons (Fsp3) is 0.421. The molecule has 17 heteroatoms. The molecule has 2 amide bonds. The number of hydrogen-bond donors (Lipinski definition) is 3. The van der Waals surface area contributed by atoms with Gasteiger partial charge in [0.05, 0.1) is 46.9 Å². The largest absolute Gasteiger partial charge is 0.494 e. The van der Waals surface area contributed by atoms with E-state index in [1.807, 2.05) is 26.8 Å². The van der Waals surface area contributed by atoms with Crippen LogP contribution in [-0.4, -0.2) is 113 Å². The molecule has 0 aliphatic carbocycles. The lowest BCUT2D eigenvalue weighted by Gasteiger charge is -2.43. The van der Waals surface area contributed by atoms with Gasteiger partial charge < -0.3 is 39.8 Å². The highest BCUT2D eigenvalue weighted by Crippen LogP contribution is 2.42. The van der Waals surface area contributed by atoms with Crippen LogP contribution < -0.4 is 30.9 Å². The second kappa shape index (κ2) is 16.4. The minimum absolute atomic E-state index is 0.199. The maximum absolute atomic E-state index is 13.5. The molecule has 2 aromatic carbocycles. The molecule has 3 N–H and O–H groups in total. The Kier molecular flexibility index (Phi) is 11.8. The summed E-state index contributed by atoms with van der Waals surface area (Å²) in [5.41, 5.74) is 3.05. The Labute approximate surface area is 326 Å². The molecule has 55 heavy (non-hydrogen) atoms. The molecule has 2 aliphatic heterocycles. The molecule has 4 aromatic rings. The Morgan fingerprint density at radius 1 is 0.964 bits per heavy atom. The van der Waals surface area contributed by atoms with Crippen LogP contribution in [0.15, 0.2) is 55.5 Å². The highest BCUT2D eigenvalue weighted by Gasteiger charge is 2.32. The van der Waals surface area contributed by atoms with Crippen LogP contribution in [0.25, 0.3) is 11.0 Å². The zero-order valence-corrected chi connectivity index (χ0v) is 33.7. The van der Waals surface area contributed by atoms with E-state index in [0.717, 1.165) is 44.7 Å². The Bertz CT molecular complexity index is 2120.